The van der Waals surface area contributed by atoms with Crippen molar-refractivity contribution in [1.82, 2.24) is 9.97 Å². The highest BCUT2D eigenvalue weighted by molar-refractivity contribution is 6.35. The molecule has 2 rings (SSSR count). The minimum Gasteiger partial charge on any atom is -0.396 e. The summed E-state index contributed by atoms with van der Waals surface area (Å²) < 4.78 is 38.9. The van der Waals surface area contributed by atoms with E-state index < -0.39 is 11.9 Å². The van der Waals surface area contributed by atoms with Gasteiger partial charge in [0.25, 0.3) is 0 Å². The zero-order chi connectivity index (χ0) is 17.7. The standard InChI is InChI=1S/C14H13Cl2F3N4O/c15-8-4-9(16)6-10(5-8)21-12-7-11(14(17,18)19)22-13(23-12)20-2-1-3-24/h4-7,24H,1-3H2,(H2,20,21,22,23). The fourth-order valence-corrected chi connectivity index (χ4v) is 2.31. The Balaban J connectivity index is 2.31. The monoisotopic (exact) mass is 380 g/mol. The number of nitrogens with zero attached hydrogens (tertiary/aromatic N) is 2. The molecular weight excluding hydrogens is 368 g/mol. The first-order chi connectivity index (χ1) is 11.3. The minimum atomic E-state index is -4.63. The van der Waals surface area contributed by atoms with Gasteiger partial charge < -0.3 is 15.7 Å². The lowest BCUT2D eigenvalue weighted by Crippen LogP contribution is -2.14. The van der Waals surface area contributed by atoms with Crippen molar-refractivity contribution >= 4 is 40.7 Å². The van der Waals surface area contributed by atoms with Gasteiger partial charge in [-0.15, -0.1) is 0 Å². The van der Waals surface area contributed by atoms with E-state index in [-0.39, 0.29) is 24.9 Å². The molecule has 0 radical (unpaired) electrons. The maximum absolute atomic E-state index is 13.0. The van der Waals surface area contributed by atoms with Crippen LogP contribution < -0.4 is 10.6 Å². The maximum atomic E-state index is 13.0. The van der Waals surface area contributed by atoms with Crippen molar-refractivity contribution in [3.8, 4) is 0 Å². The third-order valence-electron chi connectivity index (χ3n) is 2.77. The summed E-state index contributed by atoms with van der Waals surface area (Å²) in [5.41, 5.74) is -0.708. The van der Waals surface area contributed by atoms with E-state index in [4.69, 9.17) is 28.3 Å². The van der Waals surface area contributed by atoms with Crippen LogP contribution in [-0.4, -0.2) is 28.2 Å². The van der Waals surface area contributed by atoms with Crippen molar-refractivity contribution in [2.45, 2.75) is 12.6 Å². The molecule has 0 saturated heterocycles. The molecule has 5 nitrogen and oxygen atoms in total. The molecule has 0 amide bonds. The van der Waals surface area contributed by atoms with Gasteiger partial charge in [-0.1, -0.05) is 23.2 Å². The number of aromatic nitrogens is 2. The molecule has 0 aliphatic carbocycles. The predicted molar refractivity (Wildman–Crippen MR) is 87.0 cm³/mol. The molecule has 0 fully saturated rings. The van der Waals surface area contributed by atoms with Crippen LogP contribution >= 0.6 is 23.2 Å². The minimum absolute atomic E-state index is 0.0674. The molecule has 1 aromatic heterocycles. The molecular formula is C14H13Cl2F3N4O. The van der Waals surface area contributed by atoms with Gasteiger partial charge in [-0.25, -0.2) is 4.98 Å². The molecule has 10 heteroatoms. The highest BCUT2D eigenvalue weighted by atomic mass is 35.5. The summed E-state index contributed by atoms with van der Waals surface area (Å²) in [6, 6.07) is 5.28. The molecule has 0 atom stereocenters. The number of alkyl halides is 3. The van der Waals surface area contributed by atoms with E-state index in [2.05, 4.69) is 20.6 Å². The maximum Gasteiger partial charge on any atom is 0.433 e. The molecule has 2 aromatic rings. The first-order valence-corrected chi connectivity index (χ1v) is 7.57. The normalized spacial score (nSPS) is 11.4. The molecule has 0 spiro atoms. The molecule has 130 valence electrons. The number of hydrogen-bond acceptors (Lipinski definition) is 5. The van der Waals surface area contributed by atoms with Crippen LogP contribution in [0.25, 0.3) is 0 Å². The van der Waals surface area contributed by atoms with E-state index in [9.17, 15) is 13.2 Å². The summed E-state index contributed by atoms with van der Waals surface area (Å²) in [5.74, 6) is -0.268. The second kappa shape index (κ2) is 7.87. The van der Waals surface area contributed by atoms with Crippen LogP contribution in [-0.2, 0) is 6.18 Å². The van der Waals surface area contributed by atoms with Gasteiger partial charge in [0, 0.05) is 35.0 Å². The van der Waals surface area contributed by atoms with Gasteiger partial charge >= 0.3 is 6.18 Å². The van der Waals surface area contributed by atoms with Gasteiger partial charge in [0.1, 0.15) is 5.82 Å². The van der Waals surface area contributed by atoms with Crippen molar-refractivity contribution < 1.29 is 18.3 Å². The van der Waals surface area contributed by atoms with E-state index >= 15 is 0 Å². The Morgan fingerprint density at radius 3 is 2.29 bits per heavy atom. The number of halogens is 5. The average molecular weight is 381 g/mol. The number of nitrogens with one attached hydrogen (secondary N) is 2. The largest absolute Gasteiger partial charge is 0.433 e. The quantitative estimate of drug-likeness (QED) is 0.650. The van der Waals surface area contributed by atoms with Crippen molar-refractivity contribution in [2.24, 2.45) is 0 Å². The summed E-state index contributed by atoms with van der Waals surface area (Å²) in [6.07, 6.45) is -4.27. The number of hydrogen-bond donors (Lipinski definition) is 3. The fourth-order valence-electron chi connectivity index (χ4n) is 1.79. The Morgan fingerprint density at radius 1 is 1.04 bits per heavy atom. The van der Waals surface area contributed by atoms with Gasteiger partial charge in [0.2, 0.25) is 5.95 Å². The van der Waals surface area contributed by atoms with Crippen LogP contribution in [0.15, 0.2) is 24.3 Å². The molecule has 0 aliphatic heterocycles. The zero-order valence-electron chi connectivity index (χ0n) is 12.2. The van der Waals surface area contributed by atoms with E-state index in [1.54, 1.807) is 0 Å². The Bertz CT molecular complexity index is 693. The van der Waals surface area contributed by atoms with Gasteiger partial charge in [-0.3, -0.25) is 0 Å². The Kier molecular flexibility index (Phi) is 6.09. The summed E-state index contributed by atoms with van der Waals surface area (Å²) in [5, 5.41) is 14.7. The SMILES string of the molecule is OCCCNc1nc(Nc2cc(Cl)cc(Cl)c2)cc(C(F)(F)F)n1. The summed E-state index contributed by atoms with van der Waals surface area (Å²) in [4.78, 5) is 7.40. The Morgan fingerprint density at radius 2 is 1.71 bits per heavy atom. The number of benzene rings is 1. The topological polar surface area (TPSA) is 70.1 Å². The lowest BCUT2D eigenvalue weighted by molar-refractivity contribution is -0.141. The molecule has 0 saturated carbocycles. The molecule has 1 heterocycles. The summed E-state index contributed by atoms with van der Waals surface area (Å²) >= 11 is 11.7. The van der Waals surface area contributed by atoms with E-state index in [1.165, 1.54) is 18.2 Å². The van der Waals surface area contributed by atoms with Crippen molar-refractivity contribution in [2.75, 3.05) is 23.8 Å². The third kappa shape index (κ3) is 5.40. The van der Waals surface area contributed by atoms with Crippen molar-refractivity contribution in [3.63, 3.8) is 0 Å². The molecule has 3 N–H and O–H groups in total. The second-order valence-corrected chi connectivity index (χ2v) is 5.62. The number of aliphatic hydroxyl groups is 1. The van der Waals surface area contributed by atoms with Crippen LogP contribution in [0.2, 0.25) is 10.0 Å². The number of aliphatic hydroxyl groups excluding tert-OH is 1. The third-order valence-corrected chi connectivity index (χ3v) is 3.21. The Labute approximate surface area is 145 Å². The van der Waals surface area contributed by atoms with E-state index in [0.717, 1.165) is 6.07 Å². The fraction of sp³-hybridized carbons (Fsp3) is 0.286. The molecule has 0 unspecified atom stereocenters. The van der Waals surface area contributed by atoms with Crippen molar-refractivity contribution in [3.05, 3.63) is 40.0 Å². The zero-order valence-corrected chi connectivity index (χ0v) is 13.7. The van der Waals surface area contributed by atoms with Gasteiger partial charge in [-0.05, 0) is 24.6 Å². The van der Waals surface area contributed by atoms with Gasteiger partial charge in [0.15, 0.2) is 5.69 Å². The number of rotatable bonds is 6. The second-order valence-electron chi connectivity index (χ2n) is 4.75. The lowest BCUT2D eigenvalue weighted by atomic mass is 10.3. The van der Waals surface area contributed by atoms with Crippen LogP contribution in [0.4, 0.5) is 30.6 Å². The Hall–Kier alpha value is -1.77. The highest BCUT2D eigenvalue weighted by Crippen LogP contribution is 2.31. The smallest absolute Gasteiger partial charge is 0.396 e. The highest BCUT2D eigenvalue weighted by Gasteiger charge is 2.33. The van der Waals surface area contributed by atoms with Crippen LogP contribution in [0.1, 0.15) is 12.1 Å². The van der Waals surface area contributed by atoms with Gasteiger partial charge in [0.05, 0.1) is 0 Å². The first kappa shape index (κ1) is 18.6. The molecule has 24 heavy (non-hydrogen) atoms. The van der Waals surface area contributed by atoms with E-state index in [1.807, 2.05) is 0 Å². The molecule has 0 aliphatic rings. The summed E-state index contributed by atoms with van der Waals surface area (Å²) in [7, 11) is 0. The lowest BCUT2D eigenvalue weighted by Gasteiger charge is -2.13. The van der Waals surface area contributed by atoms with Crippen LogP contribution in [0.3, 0.4) is 0 Å². The van der Waals surface area contributed by atoms with Crippen molar-refractivity contribution in [1.29, 1.82) is 0 Å². The predicted octanol–water partition coefficient (Wildman–Crippen LogP) is 4.34. The summed E-state index contributed by atoms with van der Waals surface area (Å²) in [6.45, 7) is 0.137. The van der Waals surface area contributed by atoms with Crippen LogP contribution in [0, 0.1) is 0 Å². The average Bonchev–Trinajstić information content (AvgIpc) is 2.45. The van der Waals surface area contributed by atoms with E-state index in [0.29, 0.717) is 22.2 Å². The van der Waals surface area contributed by atoms with Crippen LogP contribution in [0.5, 0.6) is 0 Å². The number of anilines is 3. The van der Waals surface area contributed by atoms with Gasteiger partial charge in [-0.2, -0.15) is 18.2 Å². The first-order valence-electron chi connectivity index (χ1n) is 6.82. The molecule has 1 aromatic carbocycles. The molecule has 0 bridgehead atoms.